The summed E-state index contributed by atoms with van der Waals surface area (Å²) in [4.78, 5) is 8.55. The molecule has 3 fully saturated rings. The summed E-state index contributed by atoms with van der Waals surface area (Å²) in [5.74, 6) is -1.87. The summed E-state index contributed by atoms with van der Waals surface area (Å²) in [5, 5.41) is 19.0. The molecule has 0 atom stereocenters. The maximum absolute atomic E-state index is 13.4. The average molecular weight is 421 g/mol. The topological polar surface area (TPSA) is 60.5 Å². The molecule has 0 aromatic rings. The van der Waals surface area contributed by atoms with Gasteiger partial charge in [-0.05, 0) is 45.2 Å². The minimum Gasteiger partial charge on any atom is -0.360 e. The lowest BCUT2D eigenvalue weighted by atomic mass is 9.99. The van der Waals surface area contributed by atoms with Crippen LogP contribution in [0, 0.1) is 22.7 Å². The molecule has 3 heterocycles. The first-order valence-corrected chi connectivity index (χ1v) is 11.3. The van der Waals surface area contributed by atoms with Crippen molar-refractivity contribution < 1.29 is 8.78 Å². The van der Waals surface area contributed by atoms with Crippen molar-refractivity contribution in [2.45, 2.75) is 56.9 Å². The molecule has 0 spiro atoms. The van der Waals surface area contributed by atoms with Crippen molar-refractivity contribution >= 4 is 0 Å². The molecule has 3 aliphatic heterocycles. The molecule has 0 saturated carbocycles. The number of alkyl halides is 2. The molecular weight excluding hydrogens is 386 g/mol. The molecule has 3 rings (SSSR count). The van der Waals surface area contributed by atoms with Gasteiger partial charge in [0.25, 0.3) is 5.92 Å². The number of rotatable bonds is 7. The molecule has 0 aliphatic carbocycles. The Bertz CT molecular complexity index is 665. The van der Waals surface area contributed by atoms with Gasteiger partial charge in [0.1, 0.15) is 18.0 Å². The normalized spacial score (nSPS) is 23.0. The number of hydrogen-bond acceptors (Lipinski definition) is 6. The zero-order valence-corrected chi connectivity index (χ0v) is 18.1. The summed E-state index contributed by atoms with van der Waals surface area (Å²) in [5.41, 5.74) is 0.140. The Morgan fingerprint density at radius 3 is 2.27 bits per heavy atom. The lowest BCUT2D eigenvalue weighted by molar-refractivity contribution is 0.0120. The van der Waals surface area contributed by atoms with Crippen LogP contribution >= 0.6 is 0 Å². The van der Waals surface area contributed by atoms with Crippen LogP contribution in [0.4, 0.5) is 8.78 Å². The molecule has 6 nitrogen and oxygen atoms in total. The first kappa shape index (κ1) is 22.8. The zero-order valence-electron chi connectivity index (χ0n) is 18.1. The highest BCUT2D eigenvalue weighted by molar-refractivity contribution is 5.39. The van der Waals surface area contributed by atoms with Crippen LogP contribution in [-0.2, 0) is 0 Å². The maximum Gasteiger partial charge on any atom is 0.261 e. The molecular formula is C22H34F2N6. The van der Waals surface area contributed by atoms with Gasteiger partial charge in [0, 0.05) is 52.2 Å². The fraction of sp³-hybridized carbons (Fsp3) is 0.818. The summed E-state index contributed by atoms with van der Waals surface area (Å²) < 4.78 is 26.7. The van der Waals surface area contributed by atoms with Crippen molar-refractivity contribution in [3.8, 4) is 12.1 Å². The molecule has 166 valence electrons. The third-order valence-electron chi connectivity index (χ3n) is 6.70. The Labute approximate surface area is 179 Å². The van der Waals surface area contributed by atoms with Crippen LogP contribution in [0.15, 0.2) is 11.4 Å². The number of nitriles is 2. The Morgan fingerprint density at radius 1 is 1.03 bits per heavy atom. The third kappa shape index (κ3) is 5.83. The van der Waals surface area contributed by atoms with Gasteiger partial charge in [-0.1, -0.05) is 6.42 Å². The number of likely N-dealkylation sites (tertiary alicyclic amines) is 3. The van der Waals surface area contributed by atoms with Crippen LogP contribution in [0.2, 0.25) is 0 Å². The maximum atomic E-state index is 13.4. The highest BCUT2D eigenvalue weighted by atomic mass is 19.3. The molecule has 8 heteroatoms. The van der Waals surface area contributed by atoms with Gasteiger partial charge in [0.2, 0.25) is 0 Å². The van der Waals surface area contributed by atoms with E-state index in [1.54, 1.807) is 4.90 Å². The van der Waals surface area contributed by atoms with Gasteiger partial charge in [-0.3, -0.25) is 4.90 Å². The van der Waals surface area contributed by atoms with Gasteiger partial charge in [0.15, 0.2) is 5.57 Å². The third-order valence-corrected chi connectivity index (χ3v) is 6.70. The summed E-state index contributed by atoms with van der Waals surface area (Å²) in [7, 11) is 1.90. The molecule has 0 unspecified atom stereocenters. The lowest BCUT2D eigenvalue weighted by Crippen LogP contribution is -2.48. The molecule has 3 saturated heterocycles. The number of nitrogens with zero attached hydrogens (tertiary/aromatic N) is 6. The van der Waals surface area contributed by atoms with E-state index in [9.17, 15) is 19.3 Å². The first-order valence-electron chi connectivity index (χ1n) is 11.3. The van der Waals surface area contributed by atoms with E-state index in [1.165, 1.54) is 32.4 Å². The Hall–Kier alpha value is -1.90. The Morgan fingerprint density at radius 2 is 1.70 bits per heavy atom. The predicted molar refractivity (Wildman–Crippen MR) is 112 cm³/mol. The largest absolute Gasteiger partial charge is 0.360 e. The summed E-state index contributed by atoms with van der Waals surface area (Å²) in [6, 6.07) is 4.72. The van der Waals surface area contributed by atoms with Crippen LogP contribution in [-0.4, -0.2) is 91.0 Å². The van der Waals surface area contributed by atoms with Crippen molar-refractivity contribution in [2.24, 2.45) is 0 Å². The van der Waals surface area contributed by atoms with E-state index in [4.69, 9.17) is 0 Å². The second-order valence-electron chi connectivity index (χ2n) is 8.89. The lowest BCUT2D eigenvalue weighted by Gasteiger charge is -2.43. The van der Waals surface area contributed by atoms with Crippen LogP contribution in [0.1, 0.15) is 44.9 Å². The van der Waals surface area contributed by atoms with Gasteiger partial charge in [-0.2, -0.15) is 10.5 Å². The molecule has 0 bridgehead atoms. The molecule has 3 aliphatic rings. The Kier molecular flexibility index (Phi) is 7.91. The van der Waals surface area contributed by atoms with Crippen molar-refractivity contribution in [3.63, 3.8) is 0 Å². The minimum atomic E-state index is -2.57. The summed E-state index contributed by atoms with van der Waals surface area (Å²) in [6.07, 6.45) is 6.65. The van der Waals surface area contributed by atoms with Gasteiger partial charge in [0.05, 0.1) is 6.54 Å². The number of halogens is 2. The highest BCUT2D eigenvalue weighted by Gasteiger charge is 2.37. The van der Waals surface area contributed by atoms with Crippen LogP contribution in [0.3, 0.4) is 0 Å². The first-order chi connectivity index (χ1) is 14.4. The summed E-state index contributed by atoms with van der Waals surface area (Å²) in [6.45, 7) is 5.57. The van der Waals surface area contributed by atoms with E-state index in [0.29, 0.717) is 31.5 Å². The van der Waals surface area contributed by atoms with Crippen molar-refractivity contribution in [3.05, 3.63) is 11.4 Å². The van der Waals surface area contributed by atoms with Crippen molar-refractivity contribution in [2.75, 3.05) is 59.4 Å². The zero-order chi connectivity index (χ0) is 21.6. The Balaban J connectivity index is 1.55. The van der Waals surface area contributed by atoms with E-state index in [2.05, 4.69) is 21.9 Å². The van der Waals surface area contributed by atoms with Gasteiger partial charge < -0.3 is 14.7 Å². The molecule has 0 amide bonds. The highest BCUT2D eigenvalue weighted by Crippen LogP contribution is 2.27. The van der Waals surface area contributed by atoms with Gasteiger partial charge in [-0.15, -0.1) is 0 Å². The van der Waals surface area contributed by atoms with E-state index in [0.717, 1.165) is 32.4 Å². The van der Waals surface area contributed by atoms with E-state index in [1.807, 2.05) is 11.9 Å². The fourth-order valence-corrected chi connectivity index (χ4v) is 5.08. The smallest absolute Gasteiger partial charge is 0.261 e. The minimum absolute atomic E-state index is 0.0625. The van der Waals surface area contributed by atoms with Crippen LogP contribution in [0.25, 0.3) is 0 Å². The summed E-state index contributed by atoms with van der Waals surface area (Å²) >= 11 is 0. The van der Waals surface area contributed by atoms with Gasteiger partial charge >= 0.3 is 0 Å². The quantitative estimate of drug-likeness (QED) is 0.591. The van der Waals surface area contributed by atoms with E-state index >= 15 is 0 Å². The molecule has 0 N–H and O–H groups in total. The molecule has 0 aromatic heterocycles. The monoisotopic (exact) mass is 420 g/mol. The van der Waals surface area contributed by atoms with Gasteiger partial charge in [-0.25, -0.2) is 8.78 Å². The number of hydrogen-bond donors (Lipinski definition) is 0. The second-order valence-corrected chi connectivity index (χ2v) is 8.89. The van der Waals surface area contributed by atoms with Crippen molar-refractivity contribution in [1.82, 2.24) is 19.6 Å². The molecule has 30 heavy (non-hydrogen) atoms. The molecule has 0 radical (unpaired) electrons. The predicted octanol–water partition coefficient (Wildman–Crippen LogP) is 2.86. The van der Waals surface area contributed by atoms with Crippen LogP contribution in [0.5, 0.6) is 0 Å². The van der Waals surface area contributed by atoms with Crippen LogP contribution < -0.4 is 0 Å². The standard InChI is InChI=1S/C22H34F2N6/c1-27(9-5-10-28-15-8-22(23,24)18-28)21(19(16-25)17-26)30-13-6-20(7-14-30)29-11-3-2-4-12-29/h20H,2-15,18H2,1H3. The average Bonchev–Trinajstić information content (AvgIpc) is 3.11. The van der Waals surface area contributed by atoms with Crippen molar-refractivity contribution in [1.29, 1.82) is 10.5 Å². The molecule has 0 aromatic carbocycles. The number of allylic oxidation sites excluding steroid dienone is 1. The second kappa shape index (κ2) is 10.4. The number of piperidine rings is 2. The fourth-order valence-electron chi connectivity index (χ4n) is 5.08. The van der Waals surface area contributed by atoms with E-state index < -0.39 is 5.92 Å². The van der Waals surface area contributed by atoms with E-state index in [-0.39, 0.29) is 18.5 Å². The SMILES string of the molecule is CN(CCCN1CCC(F)(F)C1)C(=C(C#N)C#N)N1CCC(N2CCCCC2)CC1.